The number of carbonyl (C=O) groups is 2. The Morgan fingerprint density at radius 1 is 0.638 bits per heavy atom. The molecular formula is C20H40BrClN4O13S8. The average molecular weight is 916 g/mol. The molecule has 0 spiro atoms. The minimum absolute atomic E-state index is 0.0816. The van der Waals surface area contributed by atoms with Crippen LogP contribution in [-0.2, 0) is 28.8 Å². The van der Waals surface area contributed by atoms with Gasteiger partial charge in [0, 0.05) is 76.4 Å². The summed E-state index contributed by atoms with van der Waals surface area (Å²) in [5.74, 6) is 5.99. The molecule has 0 atom stereocenters. The zero-order valence-electron chi connectivity index (χ0n) is 25.6. The first kappa shape index (κ1) is 53.9. The molecule has 0 aromatic heterocycles. The van der Waals surface area contributed by atoms with Crippen LogP contribution in [-0.4, -0.2) is 118 Å². The second-order valence-electron chi connectivity index (χ2n) is 6.65. The predicted molar refractivity (Wildman–Crippen MR) is 205 cm³/mol. The minimum atomic E-state index is -0.815. The van der Waals surface area contributed by atoms with E-state index in [2.05, 4.69) is 46.8 Å². The van der Waals surface area contributed by atoms with E-state index in [1.807, 2.05) is 0 Å². The molecule has 0 heterocycles. The molecule has 17 nitrogen and oxygen atoms in total. The van der Waals surface area contributed by atoms with Crippen LogP contribution in [0.1, 0.15) is 20.3 Å². The molecule has 0 radical (unpaired) electrons. The fourth-order valence-corrected chi connectivity index (χ4v) is 9.54. The fourth-order valence-electron chi connectivity index (χ4n) is 1.45. The maximum atomic E-state index is 10.3. The highest BCUT2D eigenvalue weighted by Crippen LogP contribution is 2.22. The number of alkyl halides is 1. The van der Waals surface area contributed by atoms with Crippen LogP contribution in [0.2, 0.25) is 0 Å². The summed E-state index contributed by atoms with van der Waals surface area (Å²) >= 11 is 8.23. The Morgan fingerprint density at radius 2 is 0.979 bits per heavy atom. The van der Waals surface area contributed by atoms with Crippen LogP contribution in [0.25, 0.3) is 0 Å². The van der Waals surface area contributed by atoms with Gasteiger partial charge in [-0.2, -0.15) is 0 Å². The summed E-state index contributed by atoms with van der Waals surface area (Å²) in [6.07, 6.45) is 1.13. The van der Waals surface area contributed by atoms with Gasteiger partial charge in [0.2, 0.25) is 0 Å². The lowest BCUT2D eigenvalue weighted by atomic mass is 10.6. The first-order chi connectivity index (χ1) is 22.4. The maximum absolute atomic E-state index is 10.3. The Hall–Kier alpha value is 0.0700. The van der Waals surface area contributed by atoms with Crippen LogP contribution in [0.4, 0.5) is 4.79 Å². The van der Waals surface area contributed by atoms with E-state index in [4.69, 9.17) is 17.3 Å². The molecule has 2 N–H and O–H groups in total. The molecule has 0 aliphatic heterocycles. The van der Waals surface area contributed by atoms with Crippen molar-refractivity contribution >= 4 is 125 Å². The topological polar surface area (TPSA) is 236 Å². The van der Waals surface area contributed by atoms with Crippen molar-refractivity contribution in [3.8, 4) is 0 Å². The summed E-state index contributed by atoms with van der Waals surface area (Å²) in [6.45, 7) is 5.25. The van der Waals surface area contributed by atoms with Crippen molar-refractivity contribution in [1.82, 2.24) is 0 Å². The number of hydrogen-bond donors (Lipinski definition) is 1. The second-order valence-corrected chi connectivity index (χ2v) is 18.6. The highest BCUT2D eigenvalue weighted by Gasteiger charge is 1.98. The lowest BCUT2D eigenvalue weighted by Gasteiger charge is -2.01. The first-order valence-electron chi connectivity index (χ1n) is 13.0. The molecule has 0 aliphatic rings. The molecule has 0 saturated heterocycles. The molecule has 0 rings (SSSR count). The van der Waals surface area contributed by atoms with Gasteiger partial charge in [0.1, 0.15) is 33.0 Å². The zero-order valence-corrected chi connectivity index (χ0v) is 34.4. The third-order valence-electron chi connectivity index (χ3n) is 2.93. The summed E-state index contributed by atoms with van der Waals surface area (Å²) in [5.41, 5.74) is 4.49. The Morgan fingerprint density at radius 3 is 1.30 bits per heavy atom. The predicted octanol–water partition coefficient (Wildman–Crippen LogP) is 6.80. The van der Waals surface area contributed by atoms with Crippen molar-refractivity contribution < 1.29 is 48.8 Å². The number of nitrogens with zero attached hydrogens (tertiary/aromatic N) is 3. The van der Waals surface area contributed by atoms with Crippen molar-refractivity contribution in [3.63, 3.8) is 0 Å². The third kappa shape index (κ3) is 72.7. The number of ether oxygens (including phenoxy) is 2. The van der Waals surface area contributed by atoms with Crippen molar-refractivity contribution in [2.24, 2.45) is 5.73 Å². The quantitative estimate of drug-likeness (QED) is 0.0162. The third-order valence-corrected chi connectivity index (χ3v) is 13.6. The van der Waals surface area contributed by atoms with Crippen molar-refractivity contribution in [3.05, 3.63) is 30.3 Å². The Kier molecular flexibility index (Phi) is 55.2. The van der Waals surface area contributed by atoms with Crippen LogP contribution in [0.3, 0.4) is 0 Å². The summed E-state index contributed by atoms with van der Waals surface area (Å²) in [6, 6.07) is 0. The van der Waals surface area contributed by atoms with Crippen LogP contribution >= 0.6 is 114 Å². The normalized spacial score (nSPS) is 9.55. The van der Waals surface area contributed by atoms with E-state index in [-0.39, 0.29) is 25.8 Å². The SMILES string of the molecule is CC(=O)OCCSSCCO[N+](=O)[O-].CCCSSCCO[N+](=O)[O-].NCCSSCCO[N+](=O)[O-].O=C(Cl)OCCSSCCBr. The van der Waals surface area contributed by atoms with Crippen molar-refractivity contribution in [2.45, 2.75) is 20.3 Å². The van der Waals surface area contributed by atoms with E-state index in [0.717, 1.165) is 34.8 Å². The number of hydrogen-bond acceptors (Lipinski definition) is 22. The average Bonchev–Trinajstić information content (AvgIpc) is 3.00. The van der Waals surface area contributed by atoms with E-state index in [9.17, 15) is 39.9 Å². The highest BCUT2D eigenvalue weighted by molar-refractivity contribution is 9.09. The van der Waals surface area contributed by atoms with Crippen LogP contribution in [0, 0.1) is 30.3 Å². The summed E-state index contributed by atoms with van der Waals surface area (Å²) in [5, 5.41) is 27.6. The Balaban J connectivity index is -0.000000264. The van der Waals surface area contributed by atoms with Crippen LogP contribution < -0.4 is 5.73 Å². The molecule has 0 unspecified atom stereocenters. The summed E-state index contributed by atoms with van der Waals surface area (Å²) in [7, 11) is 12.8. The zero-order chi connectivity index (χ0) is 36.4. The van der Waals surface area contributed by atoms with Gasteiger partial charge in [-0.15, -0.1) is 30.3 Å². The van der Waals surface area contributed by atoms with E-state index in [0.29, 0.717) is 42.8 Å². The van der Waals surface area contributed by atoms with Gasteiger partial charge in [-0.05, 0) is 6.42 Å². The fraction of sp³-hybridized carbons (Fsp3) is 0.900. The molecule has 0 bridgehead atoms. The Labute approximate surface area is 318 Å². The van der Waals surface area contributed by atoms with Gasteiger partial charge in [-0.1, -0.05) is 109 Å². The van der Waals surface area contributed by atoms with Gasteiger partial charge in [-0.25, -0.2) is 4.79 Å². The second kappa shape index (κ2) is 48.2. The monoisotopic (exact) mass is 914 g/mol. The smallest absolute Gasteiger partial charge is 0.403 e. The van der Waals surface area contributed by atoms with Gasteiger partial charge in [0.05, 0.1) is 0 Å². The Bertz CT molecular complexity index is 687. The number of esters is 1. The first-order valence-corrected chi connectivity index (χ1v) is 24.4. The van der Waals surface area contributed by atoms with Crippen LogP contribution in [0.15, 0.2) is 0 Å². The van der Waals surface area contributed by atoms with Crippen LogP contribution in [0.5, 0.6) is 0 Å². The summed E-state index contributed by atoms with van der Waals surface area (Å²) < 4.78 is 9.18. The molecule has 0 saturated carbocycles. The molecule has 0 fully saturated rings. The lowest BCUT2D eigenvalue weighted by Crippen LogP contribution is -2.04. The highest BCUT2D eigenvalue weighted by atomic mass is 79.9. The molecular weight excluding hydrogens is 876 g/mol. The van der Waals surface area contributed by atoms with Gasteiger partial charge < -0.3 is 29.7 Å². The van der Waals surface area contributed by atoms with E-state index >= 15 is 0 Å². The standard InChI is InChI=1S/C6H11NO5S2.C5H8BrClO2S2.C5H11NO3S2.C4H10N2O3S2/c1-6(8)11-2-4-13-14-5-3-12-7(9)10;6-1-3-10-11-4-2-9-5(7)8;1-2-4-10-11-5-3-9-6(7)8;5-1-3-10-11-4-2-9-6(7)8/h2-5H2,1H3;1-4H2;2-5H2,1H3;1-5H2. The molecule has 27 heteroatoms. The van der Waals surface area contributed by atoms with E-state index < -0.39 is 20.7 Å². The van der Waals surface area contributed by atoms with Crippen molar-refractivity contribution in [1.29, 1.82) is 0 Å². The summed E-state index contributed by atoms with van der Waals surface area (Å²) in [4.78, 5) is 61.7. The molecule has 47 heavy (non-hydrogen) atoms. The largest absolute Gasteiger partial charge is 0.465 e. The number of carbonyl (C=O) groups excluding carboxylic acids is 2. The minimum Gasteiger partial charge on any atom is -0.465 e. The maximum Gasteiger partial charge on any atom is 0.403 e. The van der Waals surface area contributed by atoms with E-state index in [1.165, 1.54) is 39.3 Å². The van der Waals surface area contributed by atoms with Gasteiger partial charge in [0.25, 0.3) is 15.3 Å². The van der Waals surface area contributed by atoms with Gasteiger partial charge in [0.15, 0.2) is 0 Å². The number of rotatable bonds is 28. The van der Waals surface area contributed by atoms with Crippen molar-refractivity contribution in [2.75, 3.05) is 90.9 Å². The molecule has 0 aliphatic carbocycles. The van der Waals surface area contributed by atoms with E-state index in [1.54, 1.807) is 54.0 Å². The van der Waals surface area contributed by atoms with Gasteiger partial charge in [-0.3, -0.25) is 4.79 Å². The lowest BCUT2D eigenvalue weighted by molar-refractivity contribution is -0.756. The molecule has 0 aromatic rings. The molecule has 0 aromatic carbocycles. The number of nitrogens with two attached hydrogens (primary N) is 1. The molecule has 280 valence electrons. The van der Waals surface area contributed by atoms with Gasteiger partial charge >= 0.3 is 11.4 Å². The number of halogens is 2. The molecule has 0 amide bonds.